The summed E-state index contributed by atoms with van der Waals surface area (Å²) >= 11 is 0. The van der Waals surface area contributed by atoms with Crippen molar-refractivity contribution in [3.63, 3.8) is 0 Å². The predicted molar refractivity (Wildman–Crippen MR) is 69.6 cm³/mol. The molecule has 0 aliphatic carbocycles. The summed E-state index contributed by atoms with van der Waals surface area (Å²) in [6.45, 7) is 3.63. The Labute approximate surface area is 105 Å². The van der Waals surface area contributed by atoms with Crippen LogP contribution in [0.1, 0.15) is 19.2 Å². The van der Waals surface area contributed by atoms with Crippen molar-refractivity contribution >= 4 is 5.82 Å². The first-order valence-electron chi connectivity index (χ1n) is 6.08. The molecule has 2 rings (SSSR count). The van der Waals surface area contributed by atoms with Gasteiger partial charge >= 0.3 is 0 Å². The lowest BCUT2D eigenvalue weighted by Gasteiger charge is -2.06. The summed E-state index contributed by atoms with van der Waals surface area (Å²) in [4.78, 5) is 22.3. The fourth-order valence-corrected chi connectivity index (χ4v) is 1.66. The molecule has 0 aliphatic rings. The van der Waals surface area contributed by atoms with E-state index in [0.29, 0.717) is 11.6 Å². The Morgan fingerprint density at radius 3 is 3.11 bits per heavy atom. The van der Waals surface area contributed by atoms with Crippen LogP contribution in [0.4, 0.5) is 5.82 Å². The minimum absolute atomic E-state index is 0.112. The molecule has 0 fully saturated rings. The molecule has 6 nitrogen and oxygen atoms in total. The number of imidazole rings is 1. The zero-order chi connectivity index (χ0) is 12.8. The average molecular weight is 247 g/mol. The Hall–Kier alpha value is -2.11. The van der Waals surface area contributed by atoms with Crippen LogP contribution in [-0.2, 0) is 13.0 Å². The highest BCUT2D eigenvalue weighted by molar-refractivity contribution is 5.32. The van der Waals surface area contributed by atoms with Gasteiger partial charge in [0.2, 0.25) is 0 Å². The van der Waals surface area contributed by atoms with E-state index in [0.717, 1.165) is 25.9 Å². The number of hydrogen-bond donors (Lipinski definition) is 2. The fraction of sp³-hybridized carbons (Fsp3) is 0.417. The summed E-state index contributed by atoms with van der Waals surface area (Å²) < 4.78 is 2.02. The summed E-state index contributed by atoms with van der Waals surface area (Å²) in [5.74, 6) is 1.35. The summed E-state index contributed by atoms with van der Waals surface area (Å²) in [5, 5.41) is 3.16. The molecule has 0 aromatic carbocycles. The molecule has 2 heterocycles. The molecule has 0 unspecified atom stereocenters. The largest absolute Gasteiger partial charge is 0.370 e. The van der Waals surface area contributed by atoms with E-state index in [9.17, 15) is 4.79 Å². The Morgan fingerprint density at radius 2 is 2.39 bits per heavy atom. The molecule has 2 aromatic heterocycles. The van der Waals surface area contributed by atoms with Crippen LogP contribution < -0.4 is 10.9 Å². The third-order valence-corrected chi connectivity index (χ3v) is 2.58. The number of anilines is 1. The molecule has 0 radical (unpaired) electrons. The molecule has 0 saturated carbocycles. The lowest BCUT2D eigenvalue weighted by Crippen LogP contribution is -2.14. The topological polar surface area (TPSA) is 75.6 Å². The van der Waals surface area contributed by atoms with E-state index in [1.54, 1.807) is 12.5 Å². The molecule has 18 heavy (non-hydrogen) atoms. The van der Waals surface area contributed by atoms with Gasteiger partial charge in [0.25, 0.3) is 5.56 Å². The molecule has 6 heteroatoms. The smallest absolute Gasteiger partial charge is 0.252 e. The molecule has 0 spiro atoms. The first kappa shape index (κ1) is 12.3. The highest BCUT2D eigenvalue weighted by Crippen LogP contribution is 2.00. The third kappa shape index (κ3) is 3.44. The number of rotatable bonds is 6. The summed E-state index contributed by atoms with van der Waals surface area (Å²) in [6.07, 6.45) is 7.16. The highest BCUT2D eigenvalue weighted by atomic mass is 16.1. The molecule has 0 atom stereocenters. The van der Waals surface area contributed by atoms with Gasteiger partial charge < -0.3 is 14.9 Å². The standard InChI is InChI=1S/C12H17N5O/c1-2-10-15-11(8-12(18)16-10)14-4-3-6-17-7-5-13-9-17/h5,7-9H,2-4,6H2,1H3,(H2,14,15,16,18). The third-order valence-electron chi connectivity index (χ3n) is 2.58. The minimum atomic E-state index is -0.112. The Balaban J connectivity index is 1.83. The van der Waals surface area contributed by atoms with Gasteiger partial charge in [-0.1, -0.05) is 6.92 Å². The van der Waals surface area contributed by atoms with Crippen LogP contribution in [0.15, 0.2) is 29.6 Å². The van der Waals surface area contributed by atoms with Crippen molar-refractivity contribution in [1.29, 1.82) is 0 Å². The predicted octanol–water partition coefficient (Wildman–Crippen LogP) is 1.03. The van der Waals surface area contributed by atoms with Gasteiger partial charge in [0.15, 0.2) is 0 Å². The van der Waals surface area contributed by atoms with E-state index in [4.69, 9.17) is 0 Å². The lowest BCUT2D eigenvalue weighted by molar-refractivity contribution is 0.659. The zero-order valence-electron chi connectivity index (χ0n) is 10.4. The van der Waals surface area contributed by atoms with Gasteiger partial charge in [-0.3, -0.25) is 4.79 Å². The molecule has 0 saturated heterocycles. The van der Waals surface area contributed by atoms with Gasteiger partial charge in [-0.15, -0.1) is 0 Å². The number of aromatic amines is 1. The van der Waals surface area contributed by atoms with Gasteiger partial charge in [-0.05, 0) is 6.42 Å². The van der Waals surface area contributed by atoms with Crippen molar-refractivity contribution in [3.05, 3.63) is 41.0 Å². The second-order valence-electron chi connectivity index (χ2n) is 4.01. The van der Waals surface area contributed by atoms with Crippen LogP contribution in [0.25, 0.3) is 0 Å². The van der Waals surface area contributed by atoms with Crippen LogP contribution in [0.2, 0.25) is 0 Å². The quantitative estimate of drug-likeness (QED) is 0.748. The second kappa shape index (κ2) is 6.00. The first-order chi connectivity index (χ1) is 8.78. The summed E-state index contributed by atoms with van der Waals surface area (Å²) in [6, 6.07) is 1.48. The molecule has 96 valence electrons. The van der Waals surface area contributed by atoms with Gasteiger partial charge in [-0.2, -0.15) is 0 Å². The zero-order valence-corrected chi connectivity index (χ0v) is 10.4. The number of aromatic nitrogens is 4. The summed E-state index contributed by atoms with van der Waals surface area (Å²) in [5.41, 5.74) is -0.112. The van der Waals surface area contributed by atoms with Crippen molar-refractivity contribution in [3.8, 4) is 0 Å². The first-order valence-corrected chi connectivity index (χ1v) is 6.08. The van der Waals surface area contributed by atoms with Crippen molar-refractivity contribution in [1.82, 2.24) is 19.5 Å². The second-order valence-corrected chi connectivity index (χ2v) is 4.01. The molecule has 0 amide bonds. The lowest BCUT2D eigenvalue weighted by atomic mass is 10.4. The van der Waals surface area contributed by atoms with E-state index in [1.807, 2.05) is 17.7 Å². The number of hydrogen-bond acceptors (Lipinski definition) is 4. The molecule has 0 aliphatic heterocycles. The van der Waals surface area contributed by atoms with Gasteiger partial charge in [0.1, 0.15) is 11.6 Å². The van der Waals surface area contributed by atoms with E-state index in [-0.39, 0.29) is 5.56 Å². The molecular weight excluding hydrogens is 230 g/mol. The maximum atomic E-state index is 11.3. The normalized spacial score (nSPS) is 10.5. The van der Waals surface area contributed by atoms with Crippen molar-refractivity contribution in [2.45, 2.75) is 26.3 Å². The number of nitrogens with one attached hydrogen (secondary N) is 2. The minimum Gasteiger partial charge on any atom is -0.370 e. The van der Waals surface area contributed by atoms with Gasteiger partial charge in [0.05, 0.1) is 6.33 Å². The maximum absolute atomic E-state index is 11.3. The van der Waals surface area contributed by atoms with Crippen molar-refractivity contribution in [2.75, 3.05) is 11.9 Å². The highest BCUT2D eigenvalue weighted by Gasteiger charge is 1.99. The Bertz CT molecular complexity index is 532. The van der Waals surface area contributed by atoms with Gasteiger partial charge in [-0.25, -0.2) is 9.97 Å². The molecular formula is C12H17N5O. The van der Waals surface area contributed by atoms with Crippen LogP contribution in [0.5, 0.6) is 0 Å². The number of H-pyrrole nitrogens is 1. The Morgan fingerprint density at radius 1 is 1.50 bits per heavy atom. The SMILES string of the molecule is CCc1nc(NCCCn2ccnc2)cc(=O)[nH]1. The van der Waals surface area contributed by atoms with E-state index < -0.39 is 0 Å². The van der Waals surface area contributed by atoms with Gasteiger partial charge in [0, 0.05) is 38.0 Å². The molecule has 0 bridgehead atoms. The number of nitrogens with zero attached hydrogens (tertiary/aromatic N) is 3. The Kier molecular flexibility index (Phi) is 4.11. The van der Waals surface area contributed by atoms with Crippen LogP contribution in [0, 0.1) is 0 Å². The average Bonchev–Trinajstić information content (AvgIpc) is 2.87. The fourth-order valence-electron chi connectivity index (χ4n) is 1.66. The monoisotopic (exact) mass is 247 g/mol. The molecule has 2 N–H and O–H groups in total. The van der Waals surface area contributed by atoms with Crippen LogP contribution in [-0.4, -0.2) is 26.1 Å². The van der Waals surface area contributed by atoms with Crippen LogP contribution in [0.3, 0.4) is 0 Å². The maximum Gasteiger partial charge on any atom is 0.252 e. The summed E-state index contributed by atoms with van der Waals surface area (Å²) in [7, 11) is 0. The van der Waals surface area contributed by atoms with Crippen molar-refractivity contribution in [2.24, 2.45) is 0 Å². The molecule has 2 aromatic rings. The van der Waals surface area contributed by atoms with Crippen molar-refractivity contribution < 1.29 is 0 Å². The van der Waals surface area contributed by atoms with E-state index >= 15 is 0 Å². The number of aryl methyl sites for hydroxylation is 2. The van der Waals surface area contributed by atoms with E-state index in [2.05, 4.69) is 20.3 Å². The van der Waals surface area contributed by atoms with E-state index in [1.165, 1.54) is 6.07 Å². The van der Waals surface area contributed by atoms with Crippen LogP contribution >= 0.6 is 0 Å².